The van der Waals surface area contributed by atoms with Gasteiger partial charge in [0.05, 0.1) is 5.75 Å². The average molecular weight is 276 g/mol. The van der Waals surface area contributed by atoms with Gasteiger partial charge in [-0.2, -0.15) is 0 Å². The van der Waals surface area contributed by atoms with Crippen molar-refractivity contribution in [2.75, 3.05) is 5.75 Å². The Labute approximate surface area is 115 Å². The van der Waals surface area contributed by atoms with Crippen LogP contribution in [0.2, 0.25) is 0 Å². The molecule has 0 saturated carbocycles. The molecule has 0 aromatic heterocycles. The molecule has 2 rings (SSSR count). The normalized spacial score (nSPS) is 12.1. The fourth-order valence-electron chi connectivity index (χ4n) is 1.69. The number of hydrogen-bond acceptors (Lipinski definition) is 2. The van der Waals surface area contributed by atoms with Crippen molar-refractivity contribution in [3.63, 3.8) is 0 Å². The van der Waals surface area contributed by atoms with Crippen LogP contribution in [-0.4, -0.2) is 14.5 Å². The van der Waals surface area contributed by atoms with Crippen LogP contribution >= 0.6 is 0 Å². The molecule has 2 aromatic rings. The van der Waals surface area contributed by atoms with Gasteiger partial charge >= 0.3 is 0 Å². The van der Waals surface area contributed by atoms with Gasteiger partial charge in [0.25, 0.3) is 0 Å². The van der Waals surface area contributed by atoms with Crippen LogP contribution in [0, 0.1) is 0 Å². The summed E-state index contributed by atoms with van der Waals surface area (Å²) in [6.07, 6.45) is 0.614. The van der Waals surface area contributed by atoms with E-state index in [9.17, 15) is 4.21 Å². The average Bonchev–Trinajstić information content (AvgIpc) is 2.45. The lowest BCUT2D eigenvalue weighted by Gasteiger charge is -2.06. The van der Waals surface area contributed by atoms with Crippen molar-refractivity contribution in [2.24, 2.45) is 0 Å². The van der Waals surface area contributed by atoms with E-state index in [4.69, 9.17) is 9.29 Å². The second-order valence-corrected chi connectivity index (χ2v) is 5.25. The first-order chi connectivity index (χ1) is 9.24. The zero-order valence-corrected chi connectivity index (χ0v) is 11.3. The first kappa shape index (κ1) is 13.8. The summed E-state index contributed by atoms with van der Waals surface area (Å²) >= 11 is -1.72. The number of benzene rings is 2. The third-order valence-electron chi connectivity index (χ3n) is 2.74. The summed E-state index contributed by atoms with van der Waals surface area (Å²) in [5, 5.41) is 0. The van der Waals surface area contributed by atoms with E-state index >= 15 is 0 Å². The molecule has 4 heteroatoms. The van der Waals surface area contributed by atoms with E-state index in [2.05, 4.69) is 0 Å². The fraction of sp³-hybridized carbons (Fsp3) is 0.200. The third-order valence-corrected chi connectivity index (χ3v) is 3.29. The maximum Gasteiger partial charge on any atom is 0.153 e. The summed E-state index contributed by atoms with van der Waals surface area (Å²) < 4.78 is 25.0. The highest BCUT2D eigenvalue weighted by Crippen LogP contribution is 2.12. The summed E-state index contributed by atoms with van der Waals surface area (Å²) in [6, 6.07) is 17.6. The highest BCUT2D eigenvalue weighted by molar-refractivity contribution is 7.79. The van der Waals surface area contributed by atoms with Gasteiger partial charge in [-0.1, -0.05) is 42.5 Å². The van der Waals surface area contributed by atoms with Gasteiger partial charge < -0.3 is 9.29 Å². The summed E-state index contributed by atoms with van der Waals surface area (Å²) in [7, 11) is 0. The molecule has 0 fully saturated rings. The number of rotatable bonds is 6. The zero-order valence-electron chi connectivity index (χ0n) is 10.5. The number of hydrogen-bond donors (Lipinski definition) is 1. The van der Waals surface area contributed by atoms with Crippen molar-refractivity contribution in [2.45, 2.75) is 13.0 Å². The van der Waals surface area contributed by atoms with E-state index in [0.717, 1.165) is 16.9 Å². The van der Waals surface area contributed by atoms with Gasteiger partial charge in [-0.25, -0.2) is 4.21 Å². The molecule has 0 bridgehead atoms. The van der Waals surface area contributed by atoms with Gasteiger partial charge in [0.15, 0.2) is 11.1 Å². The molecule has 3 nitrogen and oxygen atoms in total. The van der Waals surface area contributed by atoms with E-state index < -0.39 is 11.1 Å². The molecule has 0 spiro atoms. The largest absolute Gasteiger partial charge is 0.489 e. The Bertz CT molecular complexity index is 523. The van der Waals surface area contributed by atoms with Crippen molar-refractivity contribution in [3.05, 3.63) is 65.7 Å². The zero-order chi connectivity index (χ0) is 13.5. The fourth-order valence-corrected chi connectivity index (χ4v) is 2.10. The molecule has 0 aliphatic heterocycles. The van der Waals surface area contributed by atoms with Gasteiger partial charge in [0.1, 0.15) is 12.4 Å². The van der Waals surface area contributed by atoms with Crippen LogP contribution < -0.4 is 4.74 Å². The number of ether oxygens (including phenoxy) is 1. The van der Waals surface area contributed by atoms with E-state index in [-0.39, 0.29) is 5.75 Å². The molecule has 1 N–H and O–H groups in total. The molecule has 2 aromatic carbocycles. The van der Waals surface area contributed by atoms with Crippen molar-refractivity contribution >= 4 is 11.1 Å². The molecule has 0 radical (unpaired) electrons. The lowest BCUT2D eigenvalue weighted by Crippen LogP contribution is -2.00. The highest BCUT2D eigenvalue weighted by Gasteiger charge is 1.99. The third kappa shape index (κ3) is 4.85. The van der Waals surface area contributed by atoms with Crippen molar-refractivity contribution in [1.82, 2.24) is 0 Å². The monoisotopic (exact) mass is 276 g/mol. The lowest BCUT2D eigenvalue weighted by molar-refractivity contribution is 0.306. The van der Waals surface area contributed by atoms with Crippen LogP contribution in [-0.2, 0) is 24.1 Å². The molecule has 1 atom stereocenters. The van der Waals surface area contributed by atoms with Gasteiger partial charge in [-0.15, -0.1) is 0 Å². The van der Waals surface area contributed by atoms with Crippen LogP contribution in [0.15, 0.2) is 54.6 Å². The van der Waals surface area contributed by atoms with Crippen LogP contribution in [0.25, 0.3) is 0 Å². The predicted octanol–water partition coefficient (Wildman–Crippen LogP) is 3.03. The lowest BCUT2D eigenvalue weighted by atomic mass is 10.1. The molecule has 19 heavy (non-hydrogen) atoms. The van der Waals surface area contributed by atoms with Crippen LogP contribution in [0.4, 0.5) is 0 Å². The summed E-state index contributed by atoms with van der Waals surface area (Å²) in [6.45, 7) is 0.524. The van der Waals surface area contributed by atoms with Gasteiger partial charge in [-0.3, -0.25) is 0 Å². The first-order valence-corrected chi connectivity index (χ1v) is 7.35. The molecule has 1 unspecified atom stereocenters. The smallest absolute Gasteiger partial charge is 0.153 e. The number of aryl methyl sites for hydroxylation is 1. The van der Waals surface area contributed by atoms with E-state index in [0.29, 0.717) is 13.0 Å². The van der Waals surface area contributed by atoms with Crippen molar-refractivity contribution < 1.29 is 13.5 Å². The molecule has 100 valence electrons. The molecule has 0 aliphatic rings. The van der Waals surface area contributed by atoms with Crippen LogP contribution in [0.1, 0.15) is 11.1 Å². The first-order valence-electron chi connectivity index (χ1n) is 6.07. The summed E-state index contributed by atoms with van der Waals surface area (Å²) in [5.74, 6) is 1.13. The standard InChI is InChI=1S/C15H16O3S/c16-19(17)11-10-13-6-8-14(9-7-13)12-18-15-4-2-1-3-5-15/h1-9H,10-12H2,(H,16,17). The minimum Gasteiger partial charge on any atom is -0.489 e. The summed E-state index contributed by atoms with van der Waals surface area (Å²) in [5.41, 5.74) is 2.14. The van der Waals surface area contributed by atoms with Gasteiger partial charge in [0.2, 0.25) is 0 Å². The minimum atomic E-state index is -1.72. The van der Waals surface area contributed by atoms with E-state index in [1.54, 1.807) is 0 Å². The minimum absolute atomic E-state index is 0.278. The molecule has 0 heterocycles. The van der Waals surface area contributed by atoms with Crippen LogP contribution in [0.3, 0.4) is 0 Å². The maximum absolute atomic E-state index is 10.6. The summed E-state index contributed by atoms with van der Waals surface area (Å²) in [4.78, 5) is 0. The Balaban J connectivity index is 1.86. The number of para-hydroxylation sites is 1. The second kappa shape index (κ2) is 7.07. The molecule has 0 aliphatic carbocycles. The van der Waals surface area contributed by atoms with Crippen molar-refractivity contribution in [1.29, 1.82) is 0 Å². The highest BCUT2D eigenvalue weighted by atomic mass is 32.2. The van der Waals surface area contributed by atoms with Crippen molar-refractivity contribution in [3.8, 4) is 5.75 Å². The Morgan fingerprint density at radius 3 is 2.21 bits per heavy atom. The molecule has 0 amide bonds. The molecule has 0 saturated heterocycles. The topological polar surface area (TPSA) is 46.5 Å². The molecular weight excluding hydrogens is 260 g/mol. The van der Waals surface area contributed by atoms with E-state index in [1.165, 1.54) is 0 Å². The van der Waals surface area contributed by atoms with E-state index in [1.807, 2.05) is 54.6 Å². The van der Waals surface area contributed by atoms with Crippen LogP contribution in [0.5, 0.6) is 5.75 Å². The van der Waals surface area contributed by atoms with Gasteiger partial charge in [-0.05, 0) is 29.7 Å². The Hall–Kier alpha value is -1.65. The predicted molar refractivity (Wildman–Crippen MR) is 76.6 cm³/mol. The quantitative estimate of drug-likeness (QED) is 0.825. The SMILES string of the molecule is O=S(O)CCc1ccc(COc2ccccc2)cc1. The molecular formula is C15H16O3S. The maximum atomic E-state index is 10.6. The van der Waals surface area contributed by atoms with Gasteiger partial charge in [0, 0.05) is 0 Å². The Morgan fingerprint density at radius 1 is 0.947 bits per heavy atom. The Kier molecular flexibility index (Phi) is 5.12. The Morgan fingerprint density at radius 2 is 1.58 bits per heavy atom. The second-order valence-electron chi connectivity index (χ2n) is 4.19.